The highest BCUT2D eigenvalue weighted by atomic mass is 35.5. The minimum atomic E-state index is -0.594. The molecule has 1 heterocycles. The first-order valence-electron chi connectivity index (χ1n) is 5.13. The van der Waals surface area contributed by atoms with E-state index in [2.05, 4.69) is 5.32 Å². The molecule has 0 saturated heterocycles. The molecule has 2 N–H and O–H groups in total. The molecule has 0 aliphatic carbocycles. The van der Waals surface area contributed by atoms with Crippen molar-refractivity contribution in [3.63, 3.8) is 0 Å². The Morgan fingerprint density at radius 3 is 3.06 bits per heavy atom. The van der Waals surface area contributed by atoms with E-state index in [0.717, 1.165) is 0 Å². The fraction of sp³-hybridized carbons (Fsp3) is 0.364. The van der Waals surface area contributed by atoms with Crippen LogP contribution in [0.3, 0.4) is 0 Å². The molecule has 1 aromatic rings. The minimum Gasteiger partial charge on any atom is -0.454 e. The Bertz CT molecular complexity index is 447. The Labute approximate surface area is 103 Å². The van der Waals surface area contributed by atoms with Crippen molar-refractivity contribution in [3.8, 4) is 11.5 Å². The molecule has 0 unspecified atom stereocenters. The molecule has 0 fully saturated rings. The number of amides is 1. The Hall–Kier alpha value is -1.46. The van der Waals surface area contributed by atoms with Gasteiger partial charge in [-0.05, 0) is 19.1 Å². The summed E-state index contributed by atoms with van der Waals surface area (Å²) in [6, 6.07) is 3.07. The van der Waals surface area contributed by atoms with Crippen molar-refractivity contribution in [2.75, 3.05) is 13.3 Å². The molecular formula is C11H12ClNO4. The zero-order valence-electron chi connectivity index (χ0n) is 9.20. The third kappa shape index (κ3) is 2.62. The molecule has 0 bridgehead atoms. The lowest BCUT2D eigenvalue weighted by molar-refractivity contribution is 0.0923. The van der Waals surface area contributed by atoms with Crippen LogP contribution in [0.15, 0.2) is 12.1 Å². The molecule has 6 heteroatoms. The second-order valence-electron chi connectivity index (χ2n) is 3.75. The zero-order chi connectivity index (χ0) is 12.4. The van der Waals surface area contributed by atoms with Crippen LogP contribution in [0.4, 0.5) is 0 Å². The van der Waals surface area contributed by atoms with Crippen molar-refractivity contribution in [3.05, 3.63) is 22.7 Å². The van der Waals surface area contributed by atoms with Gasteiger partial charge < -0.3 is 19.9 Å². The molecule has 0 aromatic heterocycles. The van der Waals surface area contributed by atoms with Crippen LogP contribution in [-0.2, 0) is 0 Å². The summed E-state index contributed by atoms with van der Waals surface area (Å²) in [6.45, 7) is 1.88. The third-order valence-corrected chi connectivity index (χ3v) is 2.53. The fourth-order valence-corrected chi connectivity index (χ4v) is 1.71. The second-order valence-corrected chi connectivity index (χ2v) is 4.16. The number of carbonyl (C=O) groups excluding carboxylic acids is 1. The number of halogens is 1. The van der Waals surface area contributed by atoms with Gasteiger partial charge in [0.2, 0.25) is 6.79 Å². The van der Waals surface area contributed by atoms with Gasteiger partial charge >= 0.3 is 0 Å². The van der Waals surface area contributed by atoms with E-state index in [0.29, 0.717) is 22.1 Å². The molecule has 0 saturated carbocycles. The predicted molar refractivity (Wildman–Crippen MR) is 61.6 cm³/mol. The first kappa shape index (κ1) is 12.0. The number of fused-ring (bicyclic) bond motifs is 1. The van der Waals surface area contributed by atoms with E-state index in [1.165, 1.54) is 6.07 Å². The number of aliphatic hydroxyl groups is 1. The van der Waals surface area contributed by atoms with E-state index in [1.807, 2.05) is 0 Å². The maximum atomic E-state index is 11.7. The highest BCUT2D eigenvalue weighted by molar-refractivity contribution is 6.32. The van der Waals surface area contributed by atoms with Gasteiger partial charge in [0, 0.05) is 12.1 Å². The smallest absolute Gasteiger partial charge is 0.251 e. The Kier molecular flexibility index (Phi) is 3.40. The van der Waals surface area contributed by atoms with Gasteiger partial charge in [0.05, 0.1) is 11.1 Å². The lowest BCUT2D eigenvalue weighted by Crippen LogP contribution is -2.30. The van der Waals surface area contributed by atoms with Crippen LogP contribution in [0.1, 0.15) is 17.3 Å². The summed E-state index contributed by atoms with van der Waals surface area (Å²) < 4.78 is 10.3. The summed E-state index contributed by atoms with van der Waals surface area (Å²) in [4.78, 5) is 11.7. The van der Waals surface area contributed by atoms with Crippen LogP contribution < -0.4 is 14.8 Å². The van der Waals surface area contributed by atoms with E-state index in [-0.39, 0.29) is 19.2 Å². The highest BCUT2D eigenvalue weighted by Crippen LogP contribution is 2.39. The van der Waals surface area contributed by atoms with Gasteiger partial charge in [0.1, 0.15) is 0 Å². The lowest BCUT2D eigenvalue weighted by Gasteiger charge is -2.08. The normalized spacial score (nSPS) is 14.5. The van der Waals surface area contributed by atoms with E-state index in [9.17, 15) is 4.79 Å². The molecule has 1 atom stereocenters. The summed E-state index contributed by atoms with van der Waals surface area (Å²) in [7, 11) is 0. The molecule has 1 aliphatic rings. The van der Waals surface area contributed by atoms with Crippen molar-refractivity contribution in [2.24, 2.45) is 0 Å². The van der Waals surface area contributed by atoms with Gasteiger partial charge in [-0.1, -0.05) is 11.6 Å². The van der Waals surface area contributed by atoms with Crippen molar-refractivity contribution in [2.45, 2.75) is 13.0 Å². The maximum Gasteiger partial charge on any atom is 0.251 e. The van der Waals surface area contributed by atoms with Crippen molar-refractivity contribution < 1.29 is 19.4 Å². The van der Waals surface area contributed by atoms with Crippen LogP contribution in [0, 0.1) is 0 Å². The minimum absolute atomic E-state index is 0.105. The van der Waals surface area contributed by atoms with Gasteiger partial charge in [0.15, 0.2) is 11.5 Å². The third-order valence-electron chi connectivity index (χ3n) is 2.25. The van der Waals surface area contributed by atoms with Crippen LogP contribution >= 0.6 is 11.6 Å². The van der Waals surface area contributed by atoms with Gasteiger partial charge in [-0.15, -0.1) is 0 Å². The van der Waals surface area contributed by atoms with Crippen molar-refractivity contribution >= 4 is 17.5 Å². The molecular weight excluding hydrogens is 246 g/mol. The average Bonchev–Trinajstić information content (AvgIpc) is 2.74. The lowest BCUT2D eigenvalue weighted by atomic mass is 10.2. The molecule has 1 amide bonds. The Balaban J connectivity index is 2.16. The molecule has 0 radical (unpaired) electrons. The number of benzene rings is 1. The number of nitrogens with one attached hydrogen (secondary N) is 1. The molecule has 1 aliphatic heterocycles. The summed E-state index contributed by atoms with van der Waals surface area (Å²) >= 11 is 5.95. The summed E-state index contributed by atoms with van der Waals surface area (Å²) in [5, 5.41) is 12.0. The van der Waals surface area contributed by atoms with E-state index in [4.69, 9.17) is 26.2 Å². The standard InChI is InChI=1S/C11H12ClNO4/c1-6(14)4-13-11(15)7-2-8(12)10-9(3-7)16-5-17-10/h2-3,6,14H,4-5H2,1H3,(H,13,15)/t6-/m0/s1. The number of ether oxygens (including phenoxy) is 2. The van der Waals surface area contributed by atoms with Crippen LogP contribution in [0.2, 0.25) is 5.02 Å². The molecule has 0 spiro atoms. The first-order valence-corrected chi connectivity index (χ1v) is 5.51. The maximum absolute atomic E-state index is 11.7. The van der Waals surface area contributed by atoms with Gasteiger partial charge in [-0.2, -0.15) is 0 Å². The first-order chi connectivity index (χ1) is 8.08. The largest absolute Gasteiger partial charge is 0.454 e. The predicted octanol–water partition coefficient (Wildman–Crippen LogP) is 1.18. The molecule has 92 valence electrons. The summed E-state index contributed by atoms with van der Waals surface area (Å²) in [5.41, 5.74) is 0.375. The van der Waals surface area contributed by atoms with Gasteiger partial charge in [-0.25, -0.2) is 0 Å². The summed E-state index contributed by atoms with van der Waals surface area (Å²) in [6.07, 6.45) is -0.594. The number of hydrogen-bond donors (Lipinski definition) is 2. The van der Waals surface area contributed by atoms with Crippen molar-refractivity contribution in [1.29, 1.82) is 0 Å². The summed E-state index contributed by atoms with van der Waals surface area (Å²) in [5.74, 6) is 0.601. The number of rotatable bonds is 3. The van der Waals surface area contributed by atoms with E-state index < -0.39 is 6.10 Å². The average molecular weight is 258 g/mol. The number of hydrogen-bond acceptors (Lipinski definition) is 4. The molecule has 2 rings (SSSR count). The quantitative estimate of drug-likeness (QED) is 0.853. The number of aliphatic hydroxyl groups excluding tert-OH is 1. The van der Waals surface area contributed by atoms with Gasteiger partial charge in [-0.3, -0.25) is 4.79 Å². The monoisotopic (exact) mass is 257 g/mol. The van der Waals surface area contributed by atoms with Crippen LogP contribution in [0.25, 0.3) is 0 Å². The van der Waals surface area contributed by atoms with Crippen molar-refractivity contribution in [1.82, 2.24) is 5.32 Å². The SMILES string of the molecule is C[C@H](O)CNC(=O)c1cc(Cl)c2c(c1)OCO2. The zero-order valence-corrected chi connectivity index (χ0v) is 9.95. The van der Waals surface area contributed by atoms with E-state index >= 15 is 0 Å². The van der Waals surface area contributed by atoms with Crippen LogP contribution in [0.5, 0.6) is 11.5 Å². The highest BCUT2D eigenvalue weighted by Gasteiger charge is 2.20. The van der Waals surface area contributed by atoms with Crippen LogP contribution in [-0.4, -0.2) is 30.5 Å². The van der Waals surface area contributed by atoms with E-state index in [1.54, 1.807) is 13.0 Å². The topological polar surface area (TPSA) is 67.8 Å². The fourth-order valence-electron chi connectivity index (χ4n) is 1.44. The molecule has 5 nitrogen and oxygen atoms in total. The van der Waals surface area contributed by atoms with Gasteiger partial charge in [0.25, 0.3) is 5.91 Å². The Morgan fingerprint density at radius 2 is 2.35 bits per heavy atom. The second kappa shape index (κ2) is 4.81. The molecule has 1 aromatic carbocycles. The Morgan fingerprint density at radius 1 is 1.59 bits per heavy atom. The molecule has 17 heavy (non-hydrogen) atoms. The number of carbonyl (C=O) groups is 1.